The van der Waals surface area contributed by atoms with Gasteiger partial charge in [0.25, 0.3) is 0 Å². The highest BCUT2D eigenvalue weighted by atomic mass is 35.5. The standard InChI is InChI=1S/C11H16ClN3/c1-8-6-9(7-14-11(8)12)10-4-3-5-15(10)13-2/h6-7,10,13H,3-5H2,1-2H3/t10-/m1/s1. The molecule has 1 aliphatic rings. The van der Waals surface area contributed by atoms with Crippen molar-refractivity contribution in [2.45, 2.75) is 25.8 Å². The molecule has 1 fully saturated rings. The normalized spacial score (nSPS) is 22.2. The molecule has 1 atom stereocenters. The largest absolute Gasteiger partial charge is 0.258 e. The van der Waals surface area contributed by atoms with E-state index in [1.54, 1.807) is 0 Å². The molecule has 0 aliphatic carbocycles. The molecule has 2 heterocycles. The molecule has 2 rings (SSSR count). The van der Waals surface area contributed by atoms with E-state index in [1.165, 1.54) is 18.4 Å². The van der Waals surface area contributed by atoms with Gasteiger partial charge in [-0.1, -0.05) is 11.6 Å². The van der Waals surface area contributed by atoms with Crippen LogP contribution in [-0.2, 0) is 0 Å². The summed E-state index contributed by atoms with van der Waals surface area (Å²) in [4.78, 5) is 4.20. The van der Waals surface area contributed by atoms with Crippen molar-refractivity contribution in [3.8, 4) is 0 Å². The number of pyridine rings is 1. The van der Waals surface area contributed by atoms with Crippen LogP contribution in [0.15, 0.2) is 12.3 Å². The second-order valence-electron chi connectivity index (χ2n) is 3.95. The molecule has 1 aromatic rings. The predicted octanol–water partition coefficient (Wildman–Crippen LogP) is 2.31. The SMILES string of the molecule is CNN1CCC[C@@H]1c1cnc(Cl)c(C)c1. The zero-order valence-electron chi connectivity index (χ0n) is 9.13. The lowest BCUT2D eigenvalue weighted by atomic mass is 10.1. The average molecular weight is 226 g/mol. The van der Waals surface area contributed by atoms with Gasteiger partial charge in [0.2, 0.25) is 0 Å². The summed E-state index contributed by atoms with van der Waals surface area (Å²) < 4.78 is 0. The molecule has 1 aliphatic heterocycles. The van der Waals surface area contributed by atoms with Crippen molar-refractivity contribution < 1.29 is 0 Å². The first-order chi connectivity index (χ1) is 7.22. The van der Waals surface area contributed by atoms with Crippen molar-refractivity contribution in [2.75, 3.05) is 13.6 Å². The van der Waals surface area contributed by atoms with Gasteiger partial charge in [-0.2, -0.15) is 0 Å². The van der Waals surface area contributed by atoms with Crippen LogP contribution in [0, 0.1) is 6.92 Å². The Kier molecular flexibility index (Phi) is 3.24. The van der Waals surface area contributed by atoms with Gasteiger partial charge in [0.15, 0.2) is 0 Å². The molecule has 4 heteroatoms. The van der Waals surface area contributed by atoms with Crippen molar-refractivity contribution >= 4 is 11.6 Å². The Morgan fingerprint density at radius 3 is 3.07 bits per heavy atom. The molecule has 0 aromatic carbocycles. The molecular weight excluding hydrogens is 210 g/mol. The Labute approximate surface area is 95.4 Å². The lowest BCUT2D eigenvalue weighted by molar-refractivity contribution is 0.190. The summed E-state index contributed by atoms with van der Waals surface area (Å²) in [7, 11) is 1.97. The van der Waals surface area contributed by atoms with Gasteiger partial charge in [-0.3, -0.25) is 5.43 Å². The summed E-state index contributed by atoms with van der Waals surface area (Å²) in [6, 6.07) is 2.58. The van der Waals surface area contributed by atoms with Gasteiger partial charge in [-0.15, -0.1) is 0 Å². The van der Waals surface area contributed by atoms with Crippen molar-refractivity contribution in [2.24, 2.45) is 0 Å². The van der Waals surface area contributed by atoms with Crippen LogP contribution >= 0.6 is 11.6 Å². The molecule has 1 N–H and O–H groups in total. The molecule has 1 saturated heterocycles. The second kappa shape index (κ2) is 4.47. The van der Waals surface area contributed by atoms with E-state index < -0.39 is 0 Å². The third-order valence-corrected chi connectivity index (χ3v) is 3.36. The maximum absolute atomic E-state index is 5.92. The van der Waals surface area contributed by atoms with Crippen molar-refractivity contribution in [1.82, 2.24) is 15.4 Å². The van der Waals surface area contributed by atoms with Crippen LogP contribution in [0.2, 0.25) is 5.15 Å². The minimum Gasteiger partial charge on any atom is -0.258 e. The summed E-state index contributed by atoms with van der Waals surface area (Å²) in [5.74, 6) is 0. The first-order valence-electron chi connectivity index (χ1n) is 5.28. The van der Waals surface area contributed by atoms with Gasteiger partial charge in [0, 0.05) is 12.7 Å². The number of nitrogens with one attached hydrogen (secondary N) is 1. The van der Waals surface area contributed by atoms with Gasteiger partial charge in [0.05, 0.1) is 6.04 Å². The summed E-state index contributed by atoms with van der Waals surface area (Å²) in [5.41, 5.74) is 5.53. The lowest BCUT2D eigenvalue weighted by Gasteiger charge is -2.23. The first kappa shape index (κ1) is 10.9. The summed E-state index contributed by atoms with van der Waals surface area (Å²) in [6.07, 6.45) is 4.30. The van der Waals surface area contributed by atoms with Crippen LogP contribution in [0.3, 0.4) is 0 Å². The summed E-state index contributed by atoms with van der Waals surface area (Å²) in [6.45, 7) is 3.10. The number of aryl methyl sites for hydroxylation is 1. The molecule has 0 saturated carbocycles. The Balaban J connectivity index is 2.25. The fourth-order valence-corrected chi connectivity index (χ4v) is 2.25. The zero-order chi connectivity index (χ0) is 10.8. The smallest absolute Gasteiger partial charge is 0.131 e. The number of hydrazine groups is 1. The number of aromatic nitrogens is 1. The summed E-state index contributed by atoms with van der Waals surface area (Å²) >= 11 is 5.92. The fraction of sp³-hybridized carbons (Fsp3) is 0.545. The quantitative estimate of drug-likeness (QED) is 0.783. The Bertz CT molecular complexity index is 354. The lowest BCUT2D eigenvalue weighted by Crippen LogP contribution is -2.34. The van der Waals surface area contributed by atoms with Crippen LogP contribution in [-0.4, -0.2) is 23.6 Å². The molecule has 82 valence electrons. The third kappa shape index (κ3) is 2.14. The van der Waals surface area contributed by atoms with Gasteiger partial charge in [-0.05, 0) is 44.0 Å². The molecule has 0 radical (unpaired) electrons. The summed E-state index contributed by atoms with van der Waals surface area (Å²) in [5, 5.41) is 2.86. The molecule has 0 bridgehead atoms. The molecule has 15 heavy (non-hydrogen) atoms. The number of hydrogen-bond acceptors (Lipinski definition) is 3. The maximum Gasteiger partial charge on any atom is 0.131 e. The van der Waals surface area contributed by atoms with Crippen molar-refractivity contribution in [3.63, 3.8) is 0 Å². The molecule has 0 unspecified atom stereocenters. The van der Waals surface area contributed by atoms with Crippen molar-refractivity contribution in [3.05, 3.63) is 28.5 Å². The van der Waals surface area contributed by atoms with Crippen LogP contribution in [0.1, 0.15) is 30.0 Å². The third-order valence-electron chi connectivity index (χ3n) is 2.96. The van der Waals surface area contributed by atoms with E-state index in [2.05, 4.69) is 21.5 Å². The monoisotopic (exact) mass is 225 g/mol. The number of halogens is 1. The van der Waals surface area contributed by atoms with Crippen LogP contribution in [0.5, 0.6) is 0 Å². The second-order valence-corrected chi connectivity index (χ2v) is 4.31. The highest BCUT2D eigenvalue weighted by molar-refractivity contribution is 6.30. The maximum atomic E-state index is 5.92. The van der Waals surface area contributed by atoms with Gasteiger partial charge >= 0.3 is 0 Å². The van der Waals surface area contributed by atoms with Crippen molar-refractivity contribution in [1.29, 1.82) is 0 Å². The van der Waals surface area contributed by atoms with E-state index in [9.17, 15) is 0 Å². The first-order valence-corrected chi connectivity index (χ1v) is 5.66. The van der Waals surface area contributed by atoms with Crippen LogP contribution in [0.25, 0.3) is 0 Å². The highest BCUT2D eigenvalue weighted by Crippen LogP contribution is 2.30. The highest BCUT2D eigenvalue weighted by Gasteiger charge is 2.25. The van der Waals surface area contributed by atoms with Gasteiger partial charge < -0.3 is 0 Å². The molecule has 0 amide bonds. The molecule has 0 spiro atoms. The number of hydrogen-bond donors (Lipinski definition) is 1. The molecule has 1 aromatic heterocycles. The topological polar surface area (TPSA) is 28.2 Å². The van der Waals surface area contributed by atoms with E-state index in [0.717, 1.165) is 12.1 Å². The zero-order valence-corrected chi connectivity index (χ0v) is 9.88. The van der Waals surface area contributed by atoms with Crippen LogP contribution in [0.4, 0.5) is 0 Å². The van der Waals surface area contributed by atoms with Gasteiger partial charge in [-0.25, -0.2) is 9.99 Å². The Morgan fingerprint density at radius 1 is 1.60 bits per heavy atom. The van der Waals surface area contributed by atoms with E-state index in [4.69, 9.17) is 11.6 Å². The van der Waals surface area contributed by atoms with E-state index in [0.29, 0.717) is 11.2 Å². The predicted molar refractivity (Wildman–Crippen MR) is 61.7 cm³/mol. The average Bonchev–Trinajstić information content (AvgIpc) is 2.70. The minimum absolute atomic E-state index is 0.443. The fourth-order valence-electron chi connectivity index (χ4n) is 2.14. The molecule has 3 nitrogen and oxygen atoms in total. The van der Waals surface area contributed by atoms with E-state index in [-0.39, 0.29) is 0 Å². The Hall–Kier alpha value is -0.640. The van der Waals surface area contributed by atoms with E-state index in [1.807, 2.05) is 20.2 Å². The van der Waals surface area contributed by atoms with Crippen LogP contribution < -0.4 is 5.43 Å². The Morgan fingerprint density at radius 2 is 2.40 bits per heavy atom. The number of nitrogens with zero attached hydrogens (tertiary/aromatic N) is 2. The van der Waals surface area contributed by atoms with E-state index >= 15 is 0 Å². The van der Waals surface area contributed by atoms with Gasteiger partial charge in [0.1, 0.15) is 5.15 Å². The number of rotatable bonds is 2. The molecular formula is C11H16ClN3. The minimum atomic E-state index is 0.443.